The van der Waals surface area contributed by atoms with Crippen molar-refractivity contribution < 1.29 is 4.42 Å². The Hall–Kier alpha value is -7.63. The lowest BCUT2D eigenvalue weighted by Gasteiger charge is -2.12. The van der Waals surface area contributed by atoms with E-state index in [4.69, 9.17) is 19.4 Å². The standard InChI is InChI=1S/C51H30N4O/c1-2-13-32(14-3-1)49-52-50(54-51(53-49)41-22-11-23-46-47(41)40-25-24-31-12-8-9-21-39(31)48(40)56-46)37-19-10-20-38(26-37)55-44-29-35-17-6-4-15-33(35)27-42(44)43-28-34-16-5-7-18-36(34)30-45(43)55/h1-30H. The zero-order valence-corrected chi connectivity index (χ0v) is 30.0. The quantitative estimate of drug-likeness (QED) is 0.182. The summed E-state index contributed by atoms with van der Waals surface area (Å²) >= 11 is 0. The molecule has 0 unspecified atom stereocenters. The Morgan fingerprint density at radius 2 is 0.946 bits per heavy atom. The second-order valence-electron chi connectivity index (χ2n) is 14.4. The van der Waals surface area contributed by atoms with Gasteiger partial charge in [-0.1, -0.05) is 133 Å². The highest BCUT2D eigenvalue weighted by Crippen LogP contribution is 2.41. The van der Waals surface area contributed by atoms with E-state index in [9.17, 15) is 0 Å². The van der Waals surface area contributed by atoms with E-state index in [1.54, 1.807) is 0 Å². The second-order valence-corrected chi connectivity index (χ2v) is 14.4. The van der Waals surface area contributed by atoms with Gasteiger partial charge in [0.2, 0.25) is 0 Å². The van der Waals surface area contributed by atoms with Crippen LogP contribution in [-0.4, -0.2) is 19.5 Å². The molecule has 0 atom stereocenters. The van der Waals surface area contributed by atoms with Crippen LogP contribution in [0.15, 0.2) is 186 Å². The molecule has 260 valence electrons. The molecule has 12 aromatic rings. The van der Waals surface area contributed by atoms with Crippen molar-refractivity contribution >= 4 is 76.1 Å². The van der Waals surface area contributed by atoms with E-state index in [1.165, 1.54) is 32.3 Å². The summed E-state index contributed by atoms with van der Waals surface area (Å²) in [5.41, 5.74) is 7.71. The Labute approximate surface area is 320 Å². The Morgan fingerprint density at radius 3 is 1.66 bits per heavy atom. The van der Waals surface area contributed by atoms with Crippen LogP contribution in [0.5, 0.6) is 0 Å². The number of nitrogens with zero attached hydrogens (tertiary/aromatic N) is 4. The highest BCUT2D eigenvalue weighted by Gasteiger charge is 2.20. The van der Waals surface area contributed by atoms with Gasteiger partial charge in [0.15, 0.2) is 17.5 Å². The summed E-state index contributed by atoms with van der Waals surface area (Å²) in [5, 5.41) is 11.5. The summed E-state index contributed by atoms with van der Waals surface area (Å²) < 4.78 is 8.95. The van der Waals surface area contributed by atoms with E-state index in [0.717, 1.165) is 66.1 Å². The van der Waals surface area contributed by atoms with Crippen molar-refractivity contribution in [3.05, 3.63) is 182 Å². The van der Waals surface area contributed by atoms with Gasteiger partial charge < -0.3 is 8.98 Å². The fourth-order valence-corrected chi connectivity index (χ4v) is 8.53. The molecule has 0 saturated carbocycles. The molecule has 0 fully saturated rings. The minimum Gasteiger partial charge on any atom is -0.455 e. The maximum atomic E-state index is 6.56. The van der Waals surface area contributed by atoms with Crippen LogP contribution in [0.3, 0.4) is 0 Å². The third-order valence-corrected chi connectivity index (χ3v) is 11.2. The van der Waals surface area contributed by atoms with E-state index in [-0.39, 0.29) is 0 Å². The van der Waals surface area contributed by atoms with Gasteiger partial charge in [-0.15, -0.1) is 0 Å². The number of furan rings is 1. The molecular formula is C51H30N4O. The Balaban J connectivity index is 1.10. The molecule has 0 spiro atoms. The third kappa shape index (κ3) is 4.71. The highest BCUT2D eigenvalue weighted by atomic mass is 16.3. The summed E-state index contributed by atoms with van der Waals surface area (Å²) in [6.07, 6.45) is 0. The molecule has 3 heterocycles. The Bertz CT molecular complexity index is 3450. The molecule has 56 heavy (non-hydrogen) atoms. The van der Waals surface area contributed by atoms with Crippen LogP contribution >= 0.6 is 0 Å². The normalized spacial score (nSPS) is 11.9. The molecular weight excluding hydrogens is 685 g/mol. The van der Waals surface area contributed by atoms with Gasteiger partial charge in [0.25, 0.3) is 0 Å². The topological polar surface area (TPSA) is 56.7 Å². The van der Waals surface area contributed by atoms with E-state index < -0.39 is 0 Å². The highest BCUT2D eigenvalue weighted by molar-refractivity contribution is 6.19. The van der Waals surface area contributed by atoms with Gasteiger partial charge in [-0.3, -0.25) is 0 Å². The van der Waals surface area contributed by atoms with E-state index >= 15 is 0 Å². The third-order valence-electron chi connectivity index (χ3n) is 11.2. The molecule has 0 amide bonds. The molecule has 5 nitrogen and oxygen atoms in total. The van der Waals surface area contributed by atoms with E-state index in [1.807, 2.05) is 42.5 Å². The molecule has 0 aliphatic heterocycles. The SMILES string of the molecule is c1ccc(-c2nc(-c3cccc(-n4c5cc6ccccc6cc5c5cc6ccccc6cc54)c3)nc(-c3cccc4oc5c6ccccc6ccc5c34)n2)cc1. The van der Waals surface area contributed by atoms with Crippen LogP contribution in [0.4, 0.5) is 0 Å². The molecule has 0 radical (unpaired) electrons. The van der Waals surface area contributed by atoms with Crippen LogP contribution in [-0.2, 0) is 0 Å². The number of hydrogen-bond acceptors (Lipinski definition) is 4. The van der Waals surface area contributed by atoms with Crippen molar-refractivity contribution in [3.8, 4) is 39.9 Å². The minimum absolute atomic E-state index is 0.593. The lowest BCUT2D eigenvalue weighted by molar-refractivity contribution is 0.672. The first-order valence-corrected chi connectivity index (χ1v) is 18.8. The number of hydrogen-bond donors (Lipinski definition) is 0. The summed E-state index contributed by atoms with van der Waals surface area (Å²) in [6.45, 7) is 0. The van der Waals surface area contributed by atoms with Crippen LogP contribution in [0.2, 0.25) is 0 Å². The van der Waals surface area contributed by atoms with Crippen molar-refractivity contribution in [2.75, 3.05) is 0 Å². The number of aromatic nitrogens is 4. The maximum absolute atomic E-state index is 6.56. The fourth-order valence-electron chi connectivity index (χ4n) is 8.53. The largest absolute Gasteiger partial charge is 0.455 e. The smallest absolute Gasteiger partial charge is 0.164 e. The lowest BCUT2D eigenvalue weighted by Crippen LogP contribution is -2.01. The van der Waals surface area contributed by atoms with Crippen molar-refractivity contribution in [3.63, 3.8) is 0 Å². The van der Waals surface area contributed by atoms with E-state index in [0.29, 0.717) is 17.5 Å². The van der Waals surface area contributed by atoms with Gasteiger partial charge in [-0.05, 0) is 75.5 Å². The lowest BCUT2D eigenvalue weighted by atomic mass is 10.0. The maximum Gasteiger partial charge on any atom is 0.164 e. The number of rotatable bonds is 4. The average Bonchev–Trinajstić information content (AvgIpc) is 3.80. The average molecular weight is 715 g/mol. The molecule has 0 saturated heterocycles. The predicted molar refractivity (Wildman–Crippen MR) is 230 cm³/mol. The molecule has 3 aromatic heterocycles. The van der Waals surface area contributed by atoms with Crippen LogP contribution < -0.4 is 0 Å². The Morgan fingerprint density at radius 1 is 0.375 bits per heavy atom. The summed E-state index contributed by atoms with van der Waals surface area (Å²) in [7, 11) is 0. The van der Waals surface area contributed by atoms with Crippen molar-refractivity contribution in [2.24, 2.45) is 0 Å². The fraction of sp³-hybridized carbons (Fsp3) is 0. The van der Waals surface area contributed by atoms with Crippen molar-refractivity contribution in [1.82, 2.24) is 19.5 Å². The van der Waals surface area contributed by atoms with Crippen LogP contribution in [0, 0.1) is 0 Å². The van der Waals surface area contributed by atoms with Gasteiger partial charge in [0, 0.05) is 49.3 Å². The monoisotopic (exact) mass is 714 g/mol. The van der Waals surface area contributed by atoms with Gasteiger partial charge in [0.1, 0.15) is 11.2 Å². The summed E-state index contributed by atoms with van der Waals surface area (Å²) in [4.78, 5) is 15.5. The molecule has 9 aromatic carbocycles. The van der Waals surface area contributed by atoms with Crippen molar-refractivity contribution in [1.29, 1.82) is 0 Å². The Kier molecular flexibility index (Phi) is 6.56. The minimum atomic E-state index is 0.593. The first-order chi connectivity index (χ1) is 27.7. The summed E-state index contributed by atoms with van der Waals surface area (Å²) in [6, 6.07) is 64.0. The van der Waals surface area contributed by atoms with Crippen molar-refractivity contribution in [2.45, 2.75) is 0 Å². The second kappa shape index (κ2) is 11.9. The molecule has 12 rings (SSSR count). The van der Waals surface area contributed by atoms with E-state index in [2.05, 4.69) is 144 Å². The predicted octanol–water partition coefficient (Wildman–Crippen LogP) is 13.3. The molecule has 0 bridgehead atoms. The molecule has 0 N–H and O–H groups in total. The zero-order chi connectivity index (χ0) is 36.7. The van der Waals surface area contributed by atoms with Gasteiger partial charge in [0.05, 0.1) is 11.0 Å². The van der Waals surface area contributed by atoms with Gasteiger partial charge >= 0.3 is 0 Å². The number of fused-ring (bicyclic) bond motifs is 10. The van der Waals surface area contributed by atoms with Crippen LogP contribution in [0.1, 0.15) is 0 Å². The number of benzene rings is 9. The molecule has 5 heteroatoms. The molecule has 0 aliphatic rings. The van der Waals surface area contributed by atoms with Gasteiger partial charge in [-0.2, -0.15) is 0 Å². The molecule has 0 aliphatic carbocycles. The summed E-state index contributed by atoms with van der Waals surface area (Å²) in [5.74, 6) is 1.80. The first-order valence-electron chi connectivity index (χ1n) is 18.8. The zero-order valence-electron chi connectivity index (χ0n) is 30.0. The van der Waals surface area contributed by atoms with Gasteiger partial charge in [-0.25, -0.2) is 15.0 Å². The van der Waals surface area contributed by atoms with Crippen LogP contribution in [0.25, 0.3) is 116 Å². The first kappa shape index (κ1) is 30.8.